The first-order chi connectivity index (χ1) is 9.74. The van der Waals surface area contributed by atoms with E-state index in [1.54, 1.807) is 0 Å². The van der Waals surface area contributed by atoms with Crippen molar-refractivity contribution in [2.75, 3.05) is 5.32 Å². The zero-order chi connectivity index (χ0) is 13.9. The Labute approximate surface area is 131 Å². The van der Waals surface area contributed by atoms with Crippen molar-refractivity contribution in [1.82, 2.24) is 0 Å². The molecule has 0 aromatic heterocycles. The average Bonchev–Trinajstić information content (AvgIpc) is 2.47. The molecule has 0 saturated heterocycles. The SMILES string of the molecule is O=C(Nc1cccc2ccccc12)c1cccc(I)c1. The van der Waals surface area contributed by atoms with Crippen LogP contribution in [0.3, 0.4) is 0 Å². The lowest BCUT2D eigenvalue weighted by Gasteiger charge is -2.09. The maximum atomic E-state index is 12.3. The van der Waals surface area contributed by atoms with Gasteiger partial charge in [-0.1, -0.05) is 42.5 Å². The number of nitrogens with one attached hydrogen (secondary N) is 1. The second-order valence-electron chi connectivity index (χ2n) is 4.49. The number of amides is 1. The van der Waals surface area contributed by atoms with Crippen LogP contribution in [-0.2, 0) is 0 Å². The summed E-state index contributed by atoms with van der Waals surface area (Å²) in [6.07, 6.45) is 0. The number of carbonyl (C=O) groups is 1. The predicted molar refractivity (Wildman–Crippen MR) is 91.1 cm³/mol. The van der Waals surface area contributed by atoms with Crippen LogP contribution in [0, 0.1) is 3.57 Å². The van der Waals surface area contributed by atoms with Crippen LogP contribution in [0.2, 0.25) is 0 Å². The van der Waals surface area contributed by atoms with Gasteiger partial charge in [0.1, 0.15) is 0 Å². The van der Waals surface area contributed by atoms with E-state index in [0.29, 0.717) is 5.56 Å². The van der Waals surface area contributed by atoms with E-state index in [1.807, 2.05) is 66.7 Å². The molecule has 0 heterocycles. The molecule has 3 aromatic rings. The van der Waals surface area contributed by atoms with Gasteiger partial charge in [-0.15, -0.1) is 0 Å². The number of anilines is 1. The van der Waals surface area contributed by atoms with Gasteiger partial charge < -0.3 is 5.32 Å². The van der Waals surface area contributed by atoms with Crippen molar-refractivity contribution in [2.24, 2.45) is 0 Å². The molecule has 0 saturated carbocycles. The van der Waals surface area contributed by atoms with Gasteiger partial charge in [-0.05, 0) is 52.2 Å². The first-order valence-electron chi connectivity index (χ1n) is 6.29. The summed E-state index contributed by atoms with van der Waals surface area (Å²) in [5, 5.41) is 5.15. The lowest BCUT2D eigenvalue weighted by Crippen LogP contribution is -2.12. The molecule has 0 unspecified atom stereocenters. The van der Waals surface area contributed by atoms with E-state index in [1.165, 1.54) is 0 Å². The first kappa shape index (κ1) is 13.1. The number of halogens is 1. The summed E-state index contributed by atoms with van der Waals surface area (Å²) in [5.74, 6) is -0.0835. The third kappa shape index (κ3) is 2.67. The molecule has 0 aliphatic carbocycles. The van der Waals surface area contributed by atoms with E-state index >= 15 is 0 Å². The molecule has 3 aromatic carbocycles. The minimum absolute atomic E-state index is 0.0835. The summed E-state index contributed by atoms with van der Waals surface area (Å²) >= 11 is 2.20. The molecule has 3 rings (SSSR count). The summed E-state index contributed by atoms with van der Waals surface area (Å²) in [6.45, 7) is 0. The smallest absolute Gasteiger partial charge is 0.255 e. The Morgan fingerprint density at radius 1 is 0.900 bits per heavy atom. The largest absolute Gasteiger partial charge is 0.321 e. The second kappa shape index (κ2) is 5.63. The highest BCUT2D eigenvalue weighted by Crippen LogP contribution is 2.23. The number of hydrogen-bond acceptors (Lipinski definition) is 1. The highest BCUT2D eigenvalue weighted by atomic mass is 127. The van der Waals surface area contributed by atoms with Crippen LogP contribution in [-0.4, -0.2) is 5.91 Å². The van der Waals surface area contributed by atoms with Gasteiger partial charge in [0.25, 0.3) is 5.91 Å². The molecule has 1 N–H and O–H groups in total. The van der Waals surface area contributed by atoms with Gasteiger partial charge in [-0.25, -0.2) is 0 Å². The lowest BCUT2D eigenvalue weighted by molar-refractivity contribution is 0.102. The fourth-order valence-corrected chi connectivity index (χ4v) is 2.70. The standard InChI is InChI=1S/C17H12INO/c18-14-8-3-7-13(11-14)17(20)19-16-10-4-6-12-5-1-2-9-15(12)16/h1-11H,(H,19,20). The minimum atomic E-state index is -0.0835. The molecule has 0 atom stereocenters. The van der Waals surface area contributed by atoms with Crippen LogP contribution in [0.25, 0.3) is 10.8 Å². The van der Waals surface area contributed by atoms with Crippen molar-refractivity contribution in [3.63, 3.8) is 0 Å². The van der Waals surface area contributed by atoms with Gasteiger partial charge in [0.15, 0.2) is 0 Å². The monoisotopic (exact) mass is 373 g/mol. The summed E-state index contributed by atoms with van der Waals surface area (Å²) in [4.78, 5) is 12.3. The number of hydrogen-bond donors (Lipinski definition) is 1. The predicted octanol–water partition coefficient (Wildman–Crippen LogP) is 4.70. The van der Waals surface area contributed by atoms with Gasteiger partial charge in [-0.2, -0.15) is 0 Å². The Balaban J connectivity index is 1.95. The van der Waals surface area contributed by atoms with Crippen molar-refractivity contribution in [3.8, 4) is 0 Å². The highest BCUT2D eigenvalue weighted by molar-refractivity contribution is 14.1. The molecule has 1 amide bonds. The fraction of sp³-hybridized carbons (Fsp3) is 0. The third-order valence-corrected chi connectivity index (χ3v) is 3.80. The zero-order valence-electron chi connectivity index (χ0n) is 10.6. The van der Waals surface area contributed by atoms with Crippen LogP contribution >= 0.6 is 22.6 Å². The van der Waals surface area contributed by atoms with Crippen LogP contribution in [0.15, 0.2) is 66.7 Å². The van der Waals surface area contributed by atoms with Crippen LogP contribution < -0.4 is 5.32 Å². The molecule has 3 heteroatoms. The molecule has 0 aliphatic rings. The Bertz CT molecular complexity index is 777. The van der Waals surface area contributed by atoms with E-state index in [0.717, 1.165) is 20.0 Å². The van der Waals surface area contributed by atoms with Crippen molar-refractivity contribution in [3.05, 3.63) is 75.9 Å². The van der Waals surface area contributed by atoms with E-state index in [9.17, 15) is 4.79 Å². The summed E-state index contributed by atoms with van der Waals surface area (Å²) in [7, 11) is 0. The minimum Gasteiger partial charge on any atom is -0.321 e. The van der Waals surface area contributed by atoms with Crippen LogP contribution in [0.1, 0.15) is 10.4 Å². The summed E-state index contributed by atoms with van der Waals surface area (Å²) in [6, 6.07) is 21.5. The van der Waals surface area contributed by atoms with E-state index in [4.69, 9.17) is 0 Å². The molecule has 0 spiro atoms. The highest BCUT2D eigenvalue weighted by Gasteiger charge is 2.08. The zero-order valence-corrected chi connectivity index (χ0v) is 12.8. The number of fused-ring (bicyclic) bond motifs is 1. The summed E-state index contributed by atoms with van der Waals surface area (Å²) in [5.41, 5.74) is 1.51. The van der Waals surface area contributed by atoms with Crippen molar-refractivity contribution in [2.45, 2.75) is 0 Å². The quantitative estimate of drug-likeness (QED) is 0.649. The van der Waals surface area contributed by atoms with E-state index < -0.39 is 0 Å². The van der Waals surface area contributed by atoms with Gasteiger partial charge >= 0.3 is 0 Å². The Kier molecular flexibility index (Phi) is 3.69. The topological polar surface area (TPSA) is 29.1 Å². The molecule has 98 valence electrons. The van der Waals surface area contributed by atoms with Gasteiger partial charge in [0.05, 0.1) is 0 Å². The lowest BCUT2D eigenvalue weighted by atomic mass is 10.1. The number of benzene rings is 3. The summed E-state index contributed by atoms with van der Waals surface area (Å²) < 4.78 is 1.05. The van der Waals surface area contributed by atoms with Crippen molar-refractivity contribution >= 4 is 45.0 Å². The Morgan fingerprint density at radius 2 is 1.65 bits per heavy atom. The van der Waals surface area contributed by atoms with E-state index in [2.05, 4.69) is 27.9 Å². The van der Waals surface area contributed by atoms with Crippen LogP contribution in [0.4, 0.5) is 5.69 Å². The Hall–Kier alpha value is -1.88. The number of carbonyl (C=O) groups excluding carboxylic acids is 1. The Morgan fingerprint density at radius 3 is 2.50 bits per heavy atom. The van der Waals surface area contributed by atoms with Crippen molar-refractivity contribution < 1.29 is 4.79 Å². The molecule has 20 heavy (non-hydrogen) atoms. The molecule has 0 radical (unpaired) electrons. The second-order valence-corrected chi connectivity index (χ2v) is 5.74. The van der Waals surface area contributed by atoms with Gasteiger partial charge in [0.2, 0.25) is 0 Å². The fourth-order valence-electron chi connectivity index (χ4n) is 2.16. The third-order valence-electron chi connectivity index (χ3n) is 3.12. The maximum Gasteiger partial charge on any atom is 0.255 e. The molecular weight excluding hydrogens is 361 g/mol. The maximum absolute atomic E-state index is 12.3. The molecule has 0 fully saturated rings. The average molecular weight is 373 g/mol. The molecule has 0 bridgehead atoms. The van der Waals surface area contributed by atoms with E-state index in [-0.39, 0.29) is 5.91 Å². The number of rotatable bonds is 2. The van der Waals surface area contributed by atoms with Gasteiger partial charge in [-0.3, -0.25) is 4.79 Å². The first-order valence-corrected chi connectivity index (χ1v) is 7.36. The van der Waals surface area contributed by atoms with Crippen LogP contribution in [0.5, 0.6) is 0 Å². The molecular formula is C17H12INO. The normalized spacial score (nSPS) is 10.4. The van der Waals surface area contributed by atoms with Crippen molar-refractivity contribution in [1.29, 1.82) is 0 Å². The molecule has 2 nitrogen and oxygen atoms in total. The molecule has 0 aliphatic heterocycles. The van der Waals surface area contributed by atoms with Gasteiger partial charge in [0, 0.05) is 20.2 Å².